The normalized spacial score (nSPS) is 10.8. The van der Waals surface area contributed by atoms with E-state index < -0.39 is 5.97 Å². The molecule has 0 radical (unpaired) electrons. The number of phenols is 1. The van der Waals surface area contributed by atoms with Gasteiger partial charge in [0.2, 0.25) is 0 Å². The first-order valence-corrected chi connectivity index (χ1v) is 10.1. The summed E-state index contributed by atoms with van der Waals surface area (Å²) in [6.07, 6.45) is 1.67. The monoisotopic (exact) mass is 445 g/mol. The molecule has 0 atom stereocenters. The zero-order valence-electron chi connectivity index (χ0n) is 18.6. The van der Waals surface area contributed by atoms with Gasteiger partial charge in [0.25, 0.3) is 0 Å². The number of carbonyl (C=O) groups is 1. The maximum atomic E-state index is 11.8. The van der Waals surface area contributed by atoms with Crippen LogP contribution in [0.15, 0.2) is 48.7 Å². The van der Waals surface area contributed by atoms with Gasteiger partial charge in [-0.05, 0) is 45.0 Å². The summed E-state index contributed by atoms with van der Waals surface area (Å²) in [5, 5.41) is 27.7. The molecule has 168 valence electrons. The van der Waals surface area contributed by atoms with Crippen molar-refractivity contribution in [3.8, 4) is 28.6 Å². The molecule has 2 heterocycles. The highest BCUT2D eigenvalue weighted by Crippen LogP contribution is 2.32. The summed E-state index contributed by atoms with van der Waals surface area (Å²) in [7, 11) is 1.51. The van der Waals surface area contributed by atoms with Crippen LogP contribution in [0.25, 0.3) is 17.1 Å². The van der Waals surface area contributed by atoms with Crippen LogP contribution in [-0.4, -0.2) is 43.0 Å². The summed E-state index contributed by atoms with van der Waals surface area (Å²) < 4.78 is 6.84. The van der Waals surface area contributed by atoms with Gasteiger partial charge in [-0.1, -0.05) is 11.6 Å². The van der Waals surface area contributed by atoms with E-state index in [1.165, 1.54) is 13.2 Å². The summed E-state index contributed by atoms with van der Waals surface area (Å²) in [4.78, 5) is 20.8. The van der Waals surface area contributed by atoms with Gasteiger partial charge in [0.15, 0.2) is 5.82 Å². The average molecular weight is 445 g/mol. The number of aromatic nitrogens is 4. The number of phenolic OH excluding ortho intramolecular Hbond substituents is 1. The molecule has 9 heteroatoms. The van der Waals surface area contributed by atoms with E-state index in [0.29, 0.717) is 45.7 Å². The third kappa shape index (κ3) is 4.47. The van der Waals surface area contributed by atoms with Gasteiger partial charge in [0.05, 0.1) is 35.4 Å². The minimum absolute atomic E-state index is 0.0339. The fourth-order valence-corrected chi connectivity index (χ4v) is 3.43. The van der Waals surface area contributed by atoms with Gasteiger partial charge < -0.3 is 20.3 Å². The molecule has 0 aliphatic carbocycles. The van der Waals surface area contributed by atoms with Crippen LogP contribution in [0, 0.1) is 20.8 Å². The fourth-order valence-electron chi connectivity index (χ4n) is 3.43. The van der Waals surface area contributed by atoms with Crippen molar-refractivity contribution < 1.29 is 19.7 Å². The van der Waals surface area contributed by atoms with E-state index in [1.807, 2.05) is 26.8 Å². The SMILES string of the molecule is COc1cc(O)cc(-c2cc(Nc3ccc(C)cc3C(=O)O)n(-c3nc(C)cnc3C)n2)c1. The number of hydrogen-bond acceptors (Lipinski definition) is 7. The summed E-state index contributed by atoms with van der Waals surface area (Å²) in [5.41, 5.74) is 3.88. The first-order valence-electron chi connectivity index (χ1n) is 10.1. The number of aryl methyl sites for hydroxylation is 3. The van der Waals surface area contributed by atoms with Gasteiger partial charge in [-0.25, -0.2) is 9.78 Å². The minimum atomic E-state index is -1.04. The fraction of sp³-hybridized carbons (Fsp3) is 0.167. The molecule has 0 spiro atoms. The van der Waals surface area contributed by atoms with Crippen LogP contribution in [0.2, 0.25) is 0 Å². The van der Waals surface area contributed by atoms with Crippen molar-refractivity contribution >= 4 is 17.5 Å². The van der Waals surface area contributed by atoms with E-state index in [0.717, 1.165) is 5.56 Å². The van der Waals surface area contributed by atoms with Crippen molar-refractivity contribution in [2.45, 2.75) is 20.8 Å². The molecular weight excluding hydrogens is 422 g/mol. The molecule has 2 aromatic carbocycles. The number of aromatic carboxylic acids is 1. The lowest BCUT2D eigenvalue weighted by atomic mass is 10.1. The number of methoxy groups -OCH3 is 1. The predicted molar refractivity (Wildman–Crippen MR) is 124 cm³/mol. The number of nitrogens with zero attached hydrogens (tertiary/aromatic N) is 4. The van der Waals surface area contributed by atoms with Gasteiger partial charge in [-0.15, -0.1) is 0 Å². The number of hydrogen-bond donors (Lipinski definition) is 3. The molecule has 0 saturated heterocycles. The van der Waals surface area contributed by atoms with Crippen molar-refractivity contribution in [2.24, 2.45) is 0 Å². The van der Waals surface area contributed by atoms with E-state index in [2.05, 4.69) is 15.3 Å². The quantitative estimate of drug-likeness (QED) is 0.399. The van der Waals surface area contributed by atoms with Crippen molar-refractivity contribution in [1.82, 2.24) is 19.7 Å². The first kappa shape index (κ1) is 21.8. The van der Waals surface area contributed by atoms with E-state index in [1.54, 1.807) is 41.2 Å². The van der Waals surface area contributed by atoms with E-state index in [4.69, 9.17) is 9.84 Å². The van der Waals surface area contributed by atoms with E-state index in [-0.39, 0.29) is 11.3 Å². The molecule has 0 bridgehead atoms. The highest BCUT2D eigenvalue weighted by atomic mass is 16.5. The standard InChI is InChI=1S/C24H23N5O4/c1-13-5-6-20(19(7-13)24(31)32)27-22-11-21(16-8-17(30)10-18(9-16)33-4)28-29(22)23-15(3)25-12-14(2)26-23/h5-12,27,30H,1-4H3,(H,31,32). The van der Waals surface area contributed by atoms with Crippen LogP contribution in [0.3, 0.4) is 0 Å². The van der Waals surface area contributed by atoms with Crippen LogP contribution >= 0.6 is 0 Å². The van der Waals surface area contributed by atoms with Gasteiger partial charge in [0.1, 0.15) is 17.3 Å². The molecule has 2 aromatic heterocycles. The Morgan fingerprint density at radius 2 is 1.88 bits per heavy atom. The molecule has 0 unspecified atom stereocenters. The number of carboxylic acids is 1. The Hall–Kier alpha value is -4.40. The number of benzene rings is 2. The van der Waals surface area contributed by atoms with Crippen LogP contribution in [0.1, 0.15) is 27.3 Å². The second-order valence-corrected chi connectivity index (χ2v) is 7.65. The summed E-state index contributed by atoms with van der Waals surface area (Å²) >= 11 is 0. The summed E-state index contributed by atoms with van der Waals surface area (Å²) in [6, 6.07) is 11.7. The zero-order chi connectivity index (χ0) is 23.7. The lowest BCUT2D eigenvalue weighted by Gasteiger charge is -2.13. The second kappa shape index (κ2) is 8.62. The maximum Gasteiger partial charge on any atom is 0.337 e. The third-order valence-electron chi connectivity index (χ3n) is 5.05. The Labute approximate surface area is 190 Å². The predicted octanol–water partition coefficient (Wildman–Crippen LogP) is 4.41. The Morgan fingerprint density at radius 3 is 2.61 bits per heavy atom. The Balaban J connectivity index is 1.90. The lowest BCUT2D eigenvalue weighted by Crippen LogP contribution is -2.10. The van der Waals surface area contributed by atoms with Gasteiger partial charge >= 0.3 is 5.97 Å². The smallest absolute Gasteiger partial charge is 0.337 e. The number of anilines is 2. The highest BCUT2D eigenvalue weighted by molar-refractivity contribution is 5.95. The Kier molecular flexibility index (Phi) is 5.70. The first-order chi connectivity index (χ1) is 15.7. The lowest BCUT2D eigenvalue weighted by molar-refractivity contribution is 0.0698. The zero-order valence-corrected chi connectivity index (χ0v) is 18.6. The van der Waals surface area contributed by atoms with Gasteiger partial charge in [0, 0.05) is 23.9 Å². The maximum absolute atomic E-state index is 11.8. The van der Waals surface area contributed by atoms with E-state index >= 15 is 0 Å². The molecule has 4 aromatic rings. The highest BCUT2D eigenvalue weighted by Gasteiger charge is 2.18. The van der Waals surface area contributed by atoms with Crippen LogP contribution < -0.4 is 10.1 Å². The molecule has 0 fully saturated rings. The van der Waals surface area contributed by atoms with Crippen molar-refractivity contribution in [3.05, 3.63) is 71.2 Å². The molecule has 0 aliphatic rings. The number of ether oxygens (including phenoxy) is 1. The Bertz CT molecular complexity index is 1360. The topological polar surface area (TPSA) is 122 Å². The molecule has 0 amide bonds. The molecule has 9 nitrogen and oxygen atoms in total. The Morgan fingerprint density at radius 1 is 1.09 bits per heavy atom. The molecule has 0 aliphatic heterocycles. The molecule has 33 heavy (non-hydrogen) atoms. The second-order valence-electron chi connectivity index (χ2n) is 7.65. The van der Waals surface area contributed by atoms with Crippen LogP contribution in [0.5, 0.6) is 11.5 Å². The van der Waals surface area contributed by atoms with Crippen LogP contribution in [0.4, 0.5) is 11.5 Å². The van der Waals surface area contributed by atoms with Crippen molar-refractivity contribution in [2.75, 3.05) is 12.4 Å². The van der Waals surface area contributed by atoms with Crippen molar-refractivity contribution in [3.63, 3.8) is 0 Å². The number of aromatic hydroxyl groups is 1. The summed E-state index contributed by atoms with van der Waals surface area (Å²) in [6.45, 7) is 5.48. The molecule has 4 rings (SSSR count). The number of carboxylic acid groups (broad SMARTS) is 1. The molecular formula is C24H23N5O4. The van der Waals surface area contributed by atoms with E-state index in [9.17, 15) is 15.0 Å². The van der Waals surface area contributed by atoms with Crippen LogP contribution in [-0.2, 0) is 0 Å². The summed E-state index contributed by atoms with van der Waals surface area (Å²) in [5.74, 6) is 0.456. The minimum Gasteiger partial charge on any atom is -0.508 e. The molecule has 3 N–H and O–H groups in total. The number of rotatable bonds is 6. The average Bonchev–Trinajstić information content (AvgIpc) is 3.19. The van der Waals surface area contributed by atoms with Gasteiger partial charge in [-0.2, -0.15) is 9.78 Å². The third-order valence-corrected chi connectivity index (χ3v) is 5.05. The number of nitrogens with one attached hydrogen (secondary N) is 1. The largest absolute Gasteiger partial charge is 0.508 e. The van der Waals surface area contributed by atoms with Gasteiger partial charge in [-0.3, -0.25) is 4.98 Å². The molecule has 0 saturated carbocycles. The van der Waals surface area contributed by atoms with Crippen molar-refractivity contribution in [1.29, 1.82) is 0 Å².